The Morgan fingerprint density at radius 3 is 3.00 bits per heavy atom. The van der Waals surface area contributed by atoms with Crippen molar-refractivity contribution in [2.24, 2.45) is 0 Å². The lowest BCUT2D eigenvalue weighted by Crippen LogP contribution is -1.87. The fourth-order valence-corrected chi connectivity index (χ4v) is 1.48. The second-order valence-electron chi connectivity index (χ2n) is 2.57. The number of anilines is 1. The molecule has 2 N–H and O–H groups in total. The summed E-state index contributed by atoms with van der Waals surface area (Å²) in [7, 11) is 0. The second-order valence-corrected chi connectivity index (χ2v) is 3.48. The molecule has 0 spiro atoms. The van der Waals surface area contributed by atoms with Gasteiger partial charge in [0.05, 0.1) is 5.52 Å². The highest BCUT2D eigenvalue weighted by atomic mass is 79.9. The molecule has 0 fully saturated rings. The number of hydrogen-bond donors (Lipinski definition) is 1. The largest absolute Gasteiger partial charge is 0.398 e. The highest BCUT2D eigenvalue weighted by molar-refractivity contribution is 9.10. The molecule has 2 rings (SSSR count). The molecule has 1 heterocycles. The SMILES string of the molecule is Nc1cccc2ncc(Br)cc12. The molecule has 0 aliphatic carbocycles. The average Bonchev–Trinajstić information content (AvgIpc) is 2.07. The Bertz CT molecular complexity index is 426. The van der Waals surface area contributed by atoms with Gasteiger partial charge in [0.15, 0.2) is 0 Å². The first-order chi connectivity index (χ1) is 5.77. The van der Waals surface area contributed by atoms with Gasteiger partial charge in [-0.1, -0.05) is 6.07 Å². The van der Waals surface area contributed by atoms with E-state index < -0.39 is 0 Å². The molecule has 3 heteroatoms. The van der Waals surface area contributed by atoms with E-state index in [1.54, 1.807) is 6.20 Å². The number of fused-ring (bicyclic) bond motifs is 1. The maximum absolute atomic E-state index is 5.76. The van der Waals surface area contributed by atoms with Gasteiger partial charge in [0.1, 0.15) is 0 Å². The monoisotopic (exact) mass is 222 g/mol. The summed E-state index contributed by atoms with van der Waals surface area (Å²) in [6.45, 7) is 0. The molecule has 0 aliphatic heterocycles. The fourth-order valence-electron chi connectivity index (χ4n) is 1.15. The number of benzene rings is 1. The number of hydrogen-bond acceptors (Lipinski definition) is 2. The van der Waals surface area contributed by atoms with Crippen LogP contribution in [0.2, 0.25) is 0 Å². The van der Waals surface area contributed by atoms with Crippen molar-refractivity contribution in [3.8, 4) is 0 Å². The highest BCUT2D eigenvalue weighted by Crippen LogP contribution is 2.21. The molecule has 0 bridgehead atoms. The van der Waals surface area contributed by atoms with Gasteiger partial charge in [-0.15, -0.1) is 0 Å². The molecule has 1 aromatic carbocycles. The number of halogens is 1. The van der Waals surface area contributed by atoms with E-state index in [4.69, 9.17) is 5.73 Å². The van der Waals surface area contributed by atoms with Crippen molar-refractivity contribution < 1.29 is 0 Å². The Hall–Kier alpha value is -1.09. The molecule has 0 unspecified atom stereocenters. The van der Waals surface area contributed by atoms with E-state index in [0.717, 1.165) is 21.1 Å². The zero-order chi connectivity index (χ0) is 8.55. The van der Waals surface area contributed by atoms with Crippen molar-refractivity contribution in [2.45, 2.75) is 0 Å². The summed E-state index contributed by atoms with van der Waals surface area (Å²) in [6.07, 6.45) is 1.77. The van der Waals surface area contributed by atoms with E-state index in [-0.39, 0.29) is 0 Å². The summed E-state index contributed by atoms with van der Waals surface area (Å²) >= 11 is 3.35. The molecule has 0 saturated carbocycles. The van der Waals surface area contributed by atoms with Gasteiger partial charge in [-0.25, -0.2) is 0 Å². The Balaban J connectivity index is 2.88. The molecule has 12 heavy (non-hydrogen) atoms. The van der Waals surface area contributed by atoms with E-state index in [2.05, 4.69) is 20.9 Å². The minimum absolute atomic E-state index is 0.765. The lowest BCUT2D eigenvalue weighted by molar-refractivity contribution is 1.39. The maximum atomic E-state index is 5.76. The smallest absolute Gasteiger partial charge is 0.0723 e. The Kier molecular flexibility index (Phi) is 1.73. The van der Waals surface area contributed by atoms with Crippen molar-refractivity contribution in [1.82, 2.24) is 4.98 Å². The van der Waals surface area contributed by atoms with E-state index in [9.17, 15) is 0 Å². The van der Waals surface area contributed by atoms with Crippen LogP contribution in [-0.2, 0) is 0 Å². The van der Waals surface area contributed by atoms with Crippen LogP contribution >= 0.6 is 15.9 Å². The van der Waals surface area contributed by atoms with Crippen LogP contribution in [0.4, 0.5) is 5.69 Å². The highest BCUT2D eigenvalue weighted by Gasteiger charge is 1.97. The molecular weight excluding hydrogens is 216 g/mol. The Labute approximate surface area is 78.5 Å². The number of aromatic nitrogens is 1. The van der Waals surface area contributed by atoms with Crippen LogP contribution in [0.1, 0.15) is 0 Å². The van der Waals surface area contributed by atoms with Crippen LogP contribution < -0.4 is 5.73 Å². The van der Waals surface area contributed by atoms with Crippen LogP contribution in [0.3, 0.4) is 0 Å². The van der Waals surface area contributed by atoms with Crippen LogP contribution in [-0.4, -0.2) is 4.98 Å². The number of nitrogen functional groups attached to an aromatic ring is 1. The molecule has 2 nitrogen and oxygen atoms in total. The normalized spacial score (nSPS) is 10.4. The van der Waals surface area contributed by atoms with E-state index in [1.165, 1.54) is 0 Å². The minimum Gasteiger partial charge on any atom is -0.398 e. The van der Waals surface area contributed by atoms with Crippen molar-refractivity contribution in [3.05, 3.63) is 34.9 Å². The van der Waals surface area contributed by atoms with Crippen molar-refractivity contribution in [1.29, 1.82) is 0 Å². The second kappa shape index (κ2) is 2.75. The third-order valence-corrected chi connectivity index (χ3v) is 2.16. The number of pyridine rings is 1. The van der Waals surface area contributed by atoms with Crippen LogP contribution in [0.15, 0.2) is 34.9 Å². The first kappa shape index (κ1) is 7.55. The minimum atomic E-state index is 0.765. The summed E-state index contributed by atoms with van der Waals surface area (Å²) in [5.41, 5.74) is 7.46. The maximum Gasteiger partial charge on any atom is 0.0723 e. The zero-order valence-corrected chi connectivity index (χ0v) is 7.88. The number of rotatable bonds is 0. The third-order valence-electron chi connectivity index (χ3n) is 1.73. The molecule has 0 saturated heterocycles. The van der Waals surface area contributed by atoms with Crippen molar-refractivity contribution in [3.63, 3.8) is 0 Å². The van der Waals surface area contributed by atoms with E-state index in [1.807, 2.05) is 24.3 Å². The lowest BCUT2D eigenvalue weighted by Gasteiger charge is -2.00. The van der Waals surface area contributed by atoms with Gasteiger partial charge in [0.25, 0.3) is 0 Å². The molecule has 1 aromatic heterocycles. The summed E-state index contributed by atoms with van der Waals surface area (Å²) in [6, 6.07) is 7.69. The zero-order valence-electron chi connectivity index (χ0n) is 6.29. The van der Waals surface area contributed by atoms with Gasteiger partial charge in [-0.2, -0.15) is 0 Å². The summed E-state index contributed by atoms with van der Waals surface area (Å²) in [4.78, 5) is 4.21. The summed E-state index contributed by atoms with van der Waals surface area (Å²) in [5, 5.41) is 0.992. The van der Waals surface area contributed by atoms with Gasteiger partial charge in [-0.3, -0.25) is 4.98 Å². The number of nitrogens with zero attached hydrogens (tertiary/aromatic N) is 1. The first-order valence-electron chi connectivity index (χ1n) is 3.57. The average molecular weight is 223 g/mol. The van der Waals surface area contributed by atoms with E-state index in [0.29, 0.717) is 0 Å². The number of nitrogens with two attached hydrogens (primary N) is 1. The van der Waals surface area contributed by atoms with Crippen molar-refractivity contribution in [2.75, 3.05) is 5.73 Å². The summed E-state index contributed by atoms with van der Waals surface area (Å²) < 4.78 is 0.952. The van der Waals surface area contributed by atoms with Gasteiger partial charge in [0.2, 0.25) is 0 Å². The summed E-state index contributed by atoms with van der Waals surface area (Å²) in [5.74, 6) is 0. The van der Waals surface area contributed by atoms with Gasteiger partial charge in [0, 0.05) is 21.7 Å². The molecule has 2 aromatic rings. The Morgan fingerprint density at radius 1 is 1.33 bits per heavy atom. The molecular formula is C9H7BrN2. The van der Waals surface area contributed by atoms with Crippen molar-refractivity contribution >= 4 is 32.5 Å². The fraction of sp³-hybridized carbons (Fsp3) is 0. The standard InChI is InChI=1S/C9H7BrN2/c10-6-4-7-8(11)2-1-3-9(7)12-5-6/h1-5H,11H2. The lowest BCUT2D eigenvalue weighted by atomic mass is 10.2. The van der Waals surface area contributed by atoms with E-state index >= 15 is 0 Å². The molecule has 0 radical (unpaired) electrons. The van der Waals surface area contributed by atoms with Crippen LogP contribution in [0.5, 0.6) is 0 Å². The van der Waals surface area contributed by atoms with Gasteiger partial charge >= 0.3 is 0 Å². The topological polar surface area (TPSA) is 38.9 Å². The van der Waals surface area contributed by atoms with Crippen LogP contribution in [0, 0.1) is 0 Å². The predicted molar refractivity (Wildman–Crippen MR) is 53.9 cm³/mol. The molecule has 0 aliphatic rings. The molecule has 0 amide bonds. The third kappa shape index (κ3) is 1.16. The van der Waals surface area contributed by atoms with Gasteiger partial charge < -0.3 is 5.73 Å². The van der Waals surface area contributed by atoms with Crippen LogP contribution in [0.25, 0.3) is 10.9 Å². The molecule has 0 atom stereocenters. The quantitative estimate of drug-likeness (QED) is 0.697. The Morgan fingerprint density at radius 2 is 2.17 bits per heavy atom. The first-order valence-corrected chi connectivity index (χ1v) is 4.36. The predicted octanol–water partition coefficient (Wildman–Crippen LogP) is 2.58. The molecule has 60 valence electrons. The van der Waals surface area contributed by atoms with Gasteiger partial charge in [-0.05, 0) is 34.1 Å².